The third kappa shape index (κ3) is 3.51. The van der Waals surface area contributed by atoms with Gasteiger partial charge in [0.15, 0.2) is 5.69 Å². The number of rotatable bonds is 3. The lowest BCUT2D eigenvalue weighted by Gasteiger charge is -2.09. The summed E-state index contributed by atoms with van der Waals surface area (Å²) in [4.78, 5) is 14.8. The molecule has 0 aromatic carbocycles. The summed E-state index contributed by atoms with van der Waals surface area (Å²) in [6.45, 7) is 0. The first-order valence-electron chi connectivity index (χ1n) is 4.86. The average molecular weight is 288 g/mol. The molecule has 2 aromatic rings. The summed E-state index contributed by atoms with van der Waals surface area (Å²) in [6, 6.07) is 0.820. The summed E-state index contributed by atoms with van der Waals surface area (Å²) < 4.78 is 37.9. The SMILES string of the molecule is NNc1nc(Sc2cnccn2)cc(C(F)(F)F)n1. The molecule has 0 atom stereocenters. The minimum atomic E-state index is -4.58. The smallest absolute Gasteiger partial charge is 0.292 e. The topological polar surface area (TPSA) is 89.6 Å². The molecule has 0 saturated carbocycles. The molecule has 0 unspecified atom stereocenters. The third-order valence-corrected chi connectivity index (χ3v) is 2.71. The maximum absolute atomic E-state index is 12.6. The average Bonchev–Trinajstić information content (AvgIpc) is 2.38. The Morgan fingerprint density at radius 1 is 1.16 bits per heavy atom. The molecule has 0 radical (unpaired) electrons. The molecule has 0 bridgehead atoms. The van der Waals surface area contributed by atoms with Gasteiger partial charge in [0.05, 0.1) is 6.20 Å². The van der Waals surface area contributed by atoms with Gasteiger partial charge >= 0.3 is 6.18 Å². The zero-order valence-corrected chi connectivity index (χ0v) is 10.0. The van der Waals surface area contributed by atoms with E-state index >= 15 is 0 Å². The van der Waals surface area contributed by atoms with Gasteiger partial charge in [0, 0.05) is 18.5 Å². The van der Waals surface area contributed by atoms with Crippen LogP contribution >= 0.6 is 11.8 Å². The first-order valence-corrected chi connectivity index (χ1v) is 5.67. The minimum absolute atomic E-state index is 0.0655. The van der Waals surface area contributed by atoms with Crippen LogP contribution in [0, 0.1) is 0 Å². The number of alkyl halides is 3. The van der Waals surface area contributed by atoms with Crippen LogP contribution in [-0.4, -0.2) is 19.9 Å². The van der Waals surface area contributed by atoms with Crippen LogP contribution in [0.3, 0.4) is 0 Å². The number of nitrogen functional groups attached to an aromatic ring is 1. The van der Waals surface area contributed by atoms with Crippen molar-refractivity contribution in [3.8, 4) is 0 Å². The van der Waals surface area contributed by atoms with Crippen LogP contribution in [0.5, 0.6) is 0 Å². The molecule has 19 heavy (non-hydrogen) atoms. The fraction of sp³-hybridized carbons (Fsp3) is 0.111. The normalized spacial score (nSPS) is 11.4. The molecule has 0 aliphatic carbocycles. The Morgan fingerprint density at radius 3 is 2.53 bits per heavy atom. The number of hydrogen-bond acceptors (Lipinski definition) is 7. The Balaban J connectivity index is 2.35. The van der Waals surface area contributed by atoms with E-state index in [0.717, 1.165) is 17.8 Å². The molecule has 6 nitrogen and oxygen atoms in total. The molecule has 0 fully saturated rings. The second-order valence-electron chi connectivity index (χ2n) is 3.20. The molecule has 0 aliphatic heterocycles. The largest absolute Gasteiger partial charge is 0.433 e. The number of hydrogen-bond donors (Lipinski definition) is 2. The van der Waals surface area contributed by atoms with E-state index in [-0.39, 0.29) is 11.0 Å². The zero-order chi connectivity index (χ0) is 13.9. The van der Waals surface area contributed by atoms with Crippen LogP contribution < -0.4 is 11.3 Å². The highest BCUT2D eigenvalue weighted by atomic mass is 32.2. The Bertz CT molecular complexity index is 562. The van der Waals surface area contributed by atoms with E-state index in [1.165, 1.54) is 18.6 Å². The van der Waals surface area contributed by atoms with Crippen LogP contribution in [0.2, 0.25) is 0 Å². The Morgan fingerprint density at radius 2 is 1.95 bits per heavy atom. The number of nitrogens with one attached hydrogen (secondary N) is 1. The van der Waals surface area contributed by atoms with E-state index in [4.69, 9.17) is 5.84 Å². The predicted octanol–water partition coefficient (Wildman–Crippen LogP) is 1.72. The van der Waals surface area contributed by atoms with Crippen molar-refractivity contribution in [2.75, 3.05) is 5.43 Å². The molecular formula is C9H7F3N6S. The lowest BCUT2D eigenvalue weighted by molar-refractivity contribution is -0.141. The first-order chi connectivity index (χ1) is 8.99. The summed E-state index contributed by atoms with van der Waals surface area (Å²) in [6.07, 6.45) is -0.282. The molecule has 0 amide bonds. The zero-order valence-electron chi connectivity index (χ0n) is 9.22. The van der Waals surface area contributed by atoms with Crippen LogP contribution in [0.15, 0.2) is 34.7 Å². The second-order valence-corrected chi connectivity index (χ2v) is 4.24. The summed E-state index contributed by atoms with van der Waals surface area (Å²) in [7, 11) is 0. The number of nitrogens with two attached hydrogens (primary N) is 1. The van der Waals surface area contributed by atoms with E-state index in [9.17, 15) is 13.2 Å². The number of aromatic nitrogens is 4. The molecule has 0 aliphatic rings. The number of nitrogens with zero attached hydrogens (tertiary/aromatic N) is 4. The molecule has 3 N–H and O–H groups in total. The third-order valence-electron chi connectivity index (χ3n) is 1.87. The molecule has 2 heterocycles. The van der Waals surface area contributed by atoms with E-state index < -0.39 is 11.9 Å². The van der Waals surface area contributed by atoms with Crippen molar-refractivity contribution in [2.45, 2.75) is 16.2 Å². The van der Waals surface area contributed by atoms with Crippen molar-refractivity contribution in [3.63, 3.8) is 0 Å². The van der Waals surface area contributed by atoms with Crippen molar-refractivity contribution < 1.29 is 13.2 Å². The van der Waals surface area contributed by atoms with Crippen molar-refractivity contribution >= 4 is 17.7 Å². The summed E-state index contributed by atoms with van der Waals surface area (Å²) >= 11 is 0.927. The van der Waals surface area contributed by atoms with Crippen LogP contribution in [0.1, 0.15) is 5.69 Å². The summed E-state index contributed by atoms with van der Waals surface area (Å²) in [5.74, 6) is 4.73. The van der Waals surface area contributed by atoms with Crippen LogP contribution in [0.25, 0.3) is 0 Å². The minimum Gasteiger partial charge on any atom is -0.292 e. The molecule has 0 saturated heterocycles. The quantitative estimate of drug-likeness (QED) is 0.505. The Labute approximate surface area is 109 Å². The van der Waals surface area contributed by atoms with Gasteiger partial charge in [-0.25, -0.2) is 20.8 Å². The standard InChI is InChI=1S/C9H7F3N6S/c10-9(11,12)5-3-6(17-8(16-5)18-13)19-7-4-14-1-2-15-7/h1-4H,13H2,(H,16,17,18). The van der Waals surface area contributed by atoms with Gasteiger partial charge in [0.2, 0.25) is 5.95 Å². The monoisotopic (exact) mass is 288 g/mol. The maximum atomic E-state index is 12.6. The van der Waals surface area contributed by atoms with Gasteiger partial charge in [-0.2, -0.15) is 13.2 Å². The van der Waals surface area contributed by atoms with E-state index in [0.29, 0.717) is 5.03 Å². The Hall–Kier alpha value is -1.94. The lowest BCUT2D eigenvalue weighted by Crippen LogP contribution is -2.15. The molecular weight excluding hydrogens is 281 g/mol. The van der Waals surface area contributed by atoms with Crippen LogP contribution in [-0.2, 0) is 6.18 Å². The fourth-order valence-corrected chi connectivity index (χ4v) is 1.88. The molecule has 2 aromatic heterocycles. The maximum Gasteiger partial charge on any atom is 0.433 e. The van der Waals surface area contributed by atoms with Crippen molar-refractivity contribution in [2.24, 2.45) is 5.84 Å². The summed E-state index contributed by atoms with van der Waals surface area (Å²) in [5.41, 5.74) is 0.912. The second kappa shape index (κ2) is 5.36. The van der Waals surface area contributed by atoms with Gasteiger partial charge < -0.3 is 0 Å². The van der Waals surface area contributed by atoms with Crippen molar-refractivity contribution in [1.29, 1.82) is 0 Å². The first kappa shape index (κ1) is 13.5. The highest BCUT2D eigenvalue weighted by molar-refractivity contribution is 7.99. The van der Waals surface area contributed by atoms with Gasteiger partial charge in [0.1, 0.15) is 10.1 Å². The van der Waals surface area contributed by atoms with E-state index in [1.807, 2.05) is 5.43 Å². The number of halogens is 3. The van der Waals surface area contributed by atoms with Gasteiger partial charge in [-0.15, -0.1) is 0 Å². The van der Waals surface area contributed by atoms with Gasteiger partial charge in [-0.05, 0) is 11.8 Å². The van der Waals surface area contributed by atoms with Gasteiger partial charge in [-0.1, -0.05) is 0 Å². The molecule has 10 heteroatoms. The number of hydrazine groups is 1. The van der Waals surface area contributed by atoms with Crippen molar-refractivity contribution in [1.82, 2.24) is 19.9 Å². The van der Waals surface area contributed by atoms with E-state index in [2.05, 4.69) is 19.9 Å². The van der Waals surface area contributed by atoms with E-state index in [1.54, 1.807) is 0 Å². The van der Waals surface area contributed by atoms with Gasteiger partial charge in [-0.3, -0.25) is 10.4 Å². The molecule has 100 valence electrons. The Kier molecular flexibility index (Phi) is 3.81. The molecule has 2 rings (SSSR count). The van der Waals surface area contributed by atoms with Crippen LogP contribution in [0.4, 0.5) is 19.1 Å². The lowest BCUT2D eigenvalue weighted by atomic mass is 10.4. The predicted molar refractivity (Wildman–Crippen MR) is 61.0 cm³/mol. The molecule has 0 spiro atoms. The summed E-state index contributed by atoms with van der Waals surface area (Å²) in [5, 5.41) is 0.480. The number of anilines is 1. The highest BCUT2D eigenvalue weighted by Gasteiger charge is 2.33. The van der Waals surface area contributed by atoms with Crippen molar-refractivity contribution in [3.05, 3.63) is 30.4 Å². The van der Waals surface area contributed by atoms with Gasteiger partial charge in [0.25, 0.3) is 0 Å². The fourth-order valence-electron chi connectivity index (χ4n) is 1.13. The highest BCUT2D eigenvalue weighted by Crippen LogP contribution is 2.32.